The van der Waals surface area contributed by atoms with Crippen LogP contribution in [0.2, 0.25) is 5.02 Å². The maximum absolute atomic E-state index is 13.1. The number of pyridine rings is 1. The number of aromatic nitrogens is 1. The first-order valence-corrected chi connectivity index (χ1v) is 5.83. The summed E-state index contributed by atoms with van der Waals surface area (Å²) in [5, 5.41) is 0.518. The molecule has 0 saturated carbocycles. The lowest BCUT2D eigenvalue weighted by molar-refractivity contribution is 0.612. The summed E-state index contributed by atoms with van der Waals surface area (Å²) in [5.41, 5.74) is 5.20. The van der Waals surface area contributed by atoms with Gasteiger partial charge in [-0.05, 0) is 41.8 Å². The SMILES string of the molecule is Cc1cc(F)ccc1C(NN)c1ccncc1Cl. The maximum Gasteiger partial charge on any atom is 0.123 e. The Morgan fingerprint density at radius 1 is 1.33 bits per heavy atom. The molecule has 1 aromatic heterocycles. The Morgan fingerprint density at radius 3 is 2.72 bits per heavy atom. The van der Waals surface area contributed by atoms with Gasteiger partial charge in [0.1, 0.15) is 5.82 Å². The molecule has 0 saturated heterocycles. The summed E-state index contributed by atoms with van der Waals surface area (Å²) in [7, 11) is 0. The first-order chi connectivity index (χ1) is 8.63. The first-order valence-electron chi connectivity index (χ1n) is 5.45. The summed E-state index contributed by atoms with van der Waals surface area (Å²) in [5.74, 6) is 5.32. The van der Waals surface area contributed by atoms with Gasteiger partial charge < -0.3 is 0 Å². The fourth-order valence-electron chi connectivity index (χ4n) is 1.93. The van der Waals surface area contributed by atoms with E-state index < -0.39 is 0 Å². The Morgan fingerprint density at radius 2 is 2.11 bits per heavy atom. The Kier molecular flexibility index (Phi) is 3.91. The number of hydrogen-bond acceptors (Lipinski definition) is 3. The Labute approximate surface area is 110 Å². The van der Waals surface area contributed by atoms with Gasteiger partial charge in [-0.25, -0.2) is 9.82 Å². The van der Waals surface area contributed by atoms with E-state index >= 15 is 0 Å². The standard InChI is InChI=1S/C13H13ClFN3/c1-8-6-9(15)2-3-10(8)13(18-16)11-4-5-17-7-12(11)14/h2-7,13,18H,16H2,1H3. The van der Waals surface area contributed by atoms with Crippen molar-refractivity contribution in [3.05, 3.63) is 64.2 Å². The Hall–Kier alpha value is -1.49. The van der Waals surface area contributed by atoms with Crippen molar-refractivity contribution in [1.82, 2.24) is 10.4 Å². The van der Waals surface area contributed by atoms with Crippen LogP contribution < -0.4 is 11.3 Å². The van der Waals surface area contributed by atoms with E-state index in [1.165, 1.54) is 12.1 Å². The van der Waals surface area contributed by atoms with Crippen molar-refractivity contribution >= 4 is 11.6 Å². The molecule has 0 aliphatic carbocycles. The van der Waals surface area contributed by atoms with Crippen LogP contribution in [0.15, 0.2) is 36.7 Å². The maximum atomic E-state index is 13.1. The number of nitrogens with zero attached hydrogens (tertiary/aromatic N) is 1. The molecule has 5 heteroatoms. The zero-order valence-electron chi connectivity index (χ0n) is 9.82. The molecule has 0 bridgehead atoms. The molecule has 0 fully saturated rings. The predicted molar refractivity (Wildman–Crippen MR) is 69.6 cm³/mol. The topological polar surface area (TPSA) is 50.9 Å². The second-order valence-electron chi connectivity index (χ2n) is 4.00. The van der Waals surface area contributed by atoms with Gasteiger partial charge in [0.25, 0.3) is 0 Å². The molecule has 1 atom stereocenters. The molecule has 3 nitrogen and oxygen atoms in total. The van der Waals surface area contributed by atoms with Gasteiger partial charge in [0.05, 0.1) is 11.1 Å². The third kappa shape index (κ3) is 2.51. The average Bonchev–Trinajstić information content (AvgIpc) is 2.34. The highest BCUT2D eigenvalue weighted by molar-refractivity contribution is 6.31. The molecule has 1 unspecified atom stereocenters. The van der Waals surface area contributed by atoms with Crippen LogP contribution in [0.4, 0.5) is 4.39 Å². The van der Waals surface area contributed by atoms with E-state index in [4.69, 9.17) is 17.4 Å². The molecule has 1 heterocycles. The van der Waals surface area contributed by atoms with Crippen LogP contribution in [0.5, 0.6) is 0 Å². The molecule has 3 N–H and O–H groups in total. The second kappa shape index (κ2) is 5.44. The fourth-order valence-corrected chi connectivity index (χ4v) is 2.16. The van der Waals surface area contributed by atoms with Gasteiger partial charge in [-0.3, -0.25) is 10.8 Å². The quantitative estimate of drug-likeness (QED) is 0.663. The molecule has 0 aliphatic rings. The van der Waals surface area contributed by atoms with E-state index in [0.29, 0.717) is 5.02 Å². The zero-order valence-corrected chi connectivity index (χ0v) is 10.6. The average molecular weight is 266 g/mol. The molecular weight excluding hydrogens is 253 g/mol. The highest BCUT2D eigenvalue weighted by Crippen LogP contribution is 2.29. The van der Waals surface area contributed by atoms with Crippen molar-refractivity contribution in [3.8, 4) is 0 Å². The van der Waals surface area contributed by atoms with Crippen LogP contribution in [-0.2, 0) is 0 Å². The van der Waals surface area contributed by atoms with E-state index in [2.05, 4.69) is 10.4 Å². The third-order valence-electron chi connectivity index (χ3n) is 2.82. The number of hydrazine groups is 1. The van der Waals surface area contributed by atoms with E-state index in [1.807, 2.05) is 6.92 Å². The van der Waals surface area contributed by atoms with Crippen LogP contribution in [0.3, 0.4) is 0 Å². The zero-order chi connectivity index (χ0) is 13.1. The van der Waals surface area contributed by atoms with Crippen LogP contribution >= 0.6 is 11.6 Å². The molecule has 0 spiro atoms. The molecule has 1 aromatic carbocycles. The van der Waals surface area contributed by atoms with E-state index in [1.54, 1.807) is 24.5 Å². The highest BCUT2D eigenvalue weighted by Gasteiger charge is 2.17. The largest absolute Gasteiger partial charge is 0.271 e. The van der Waals surface area contributed by atoms with Crippen molar-refractivity contribution in [2.24, 2.45) is 5.84 Å². The van der Waals surface area contributed by atoms with Crippen LogP contribution in [-0.4, -0.2) is 4.98 Å². The van der Waals surface area contributed by atoms with Gasteiger partial charge >= 0.3 is 0 Å². The molecule has 94 valence electrons. The van der Waals surface area contributed by atoms with Crippen LogP contribution in [0, 0.1) is 12.7 Å². The molecule has 2 rings (SSSR count). The van der Waals surface area contributed by atoms with Gasteiger partial charge in [0.2, 0.25) is 0 Å². The smallest absolute Gasteiger partial charge is 0.123 e. The number of nitrogens with two attached hydrogens (primary N) is 1. The monoisotopic (exact) mass is 265 g/mol. The number of hydrogen-bond donors (Lipinski definition) is 2. The van der Waals surface area contributed by atoms with Gasteiger partial charge in [0, 0.05) is 12.4 Å². The summed E-state index contributed by atoms with van der Waals surface area (Å²) in [6.45, 7) is 1.83. The van der Waals surface area contributed by atoms with Gasteiger partial charge in [-0.1, -0.05) is 17.7 Å². The molecule has 0 radical (unpaired) electrons. The minimum Gasteiger partial charge on any atom is -0.271 e. The van der Waals surface area contributed by atoms with Crippen LogP contribution in [0.1, 0.15) is 22.7 Å². The molecular formula is C13H13ClFN3. The van der Waals surface area contributed by atoms with Gasteiger partial charge in [-0.15, -0.1) is 0 Å². The van der Waals surface area contributed by atoms with Crippen molar-refractivity contribution < 1.29 is 4.39 Å². The third-order valence-corrected chi connectivity index (χ3v) is 3.14. The lowest BCUT2D eigenvalue weighted by Crippen LogP contribution is -2.29. The van der Waals surface area contributed by atoms with Gasteiger partial charge in [-0.2, -0.15) is 0 Å². The van der Waals surface area contributed by atoms with E-state index in [9.17, 15) is 4.39 Å². The first kappa shape index (κ1) is 13.0. The number of nitrogens with one attached hydrogen (secondary N) is 1. The molecule has 0 amide bonds. The number of halogens is 2. The minimum atomic E-state index is -0.291. The minimum absolute atomic E-state index is 0.271. The van der Waals surface area contributed by atoms with Crippen molar-refractivity contribution in [2.75, 3.05) is 0 Å². The summed E-state index contributed by atoms with van der Waals surface area (Å²) in [4.78, 5) is 3.93. The Bertz CT molecular complexity index is 560. The van der Waals surface area contributed by atoms with E-state index in [-0.39, 0.29) is 11.9 Å². The normalized spacial score (nSPS) is 12.4. The van der Waals surface area contributed by atoms with Crippen molar-refractivity contribution in [1.29, 1.82) is 0 Å². The highest BCUT2D eigenvalue weighted by atomic mass is 35.5. The van der Waals surface area contributed by atoms with E-state index in [0.717, 1.165) is 16.7 Å². The van der Waals surface area contributed by atoms with Crippen molar-refractivity contribution in [2.45, 2.75) is 13.0 Å². The van der Waals surface area contributed by atoms with Crippen molar-refractivity contribution in [3.63, 3.8) is 0 Å². The number of rotatable bonds is 3. The Balaban J connectivity index is 2.49. The predicted octanol–water partition coefficient (Wildman–Crippen LogP) is 2.74. The molecule has 2 aromatic rings. The lowest BCUT2D eigenvalue weighted by atomic mass is 9.96. The second-order valence-corrected chi connectivity index (χ2v) is 4.40. The summed E-state index contributed by atoms with van der Waals surface area (Å²) < 4.78 is 13.1. The summed E-state index contributed by atoms with van der Waals surface area (Å²) >= 11 is 6.10. The molecule has 18 heavy (non-hydrogen) atoms. The lowest BCUT2D eigenvalue weighted by Gasteiger charge is -2.19. The summed E-state index contributed by atoms with van der Waals surface area (Å²) in [6, 6.07) is 6.07. The fraction of sp³-hybridized carbons (Fsp3) is 0.154. The number of aryl methyl sites for hydroxylation is 1. The number of benzene rings is 1. The van der Waals surface area contributed by atoms with Crippen LogP contribution in [0.25, 0.3) is 0 Å². The summed E-state index contributed by atoms with van der Waals surface area (Å²) in [6.07, 6.45) is 3.20. The van der Waals surface area contributed by atoms with Gasteiger partial charge in [0.15, 0.2) is 0 Å². The molecule has 0 aliphatic heterocycles.